The average molecular weight is 332 g/mol. The number of sulfonamides is 1. The molecule has 1 atom stereocenters. The Morgan fingerprint density at radius 3 is 2.77 bits per heavy atom. The summed E-state index contributed by atoms with van der Waals surface area (Å²) in [6.07, 6.45) is -0.363. The number of rotatable bonds is 7. The van der Waals surface area contributed by atoms with Crippen LogP contribution in [0, 0.1) is 0 Å². The summed E-state index contributed by atoms with van der Waals surface area (Å²) in [7, 11) is -0.0529. The molecule has 126 valence electrons. The summed E-state index contributed by atoms with van der Waals surface area (Å²) < 4.78 is 26.5. The molecule has 1 aliphatic rings. The molecule has 2 rings (SSSR count). The van der Waals surface area contributed by atoms with Gasteiger partial charge >= 0.3 is 0 Å². The van der Waals surface area contributed by atoms with Crippen LogP contribution in [-0.2, 0) is 23.1 Å². The fraction of sp³-hybridized carbons (Fsp3) is 0.769. The van der Waals surface area contributed by atoms with E-state index in [1.807, 2.05) is 4.68 Å². The molecule has 0 radical (unpaired) electrons. The molecule has 0 aromatic carbocycles. The number of hydrogen-bond acceptors (Lipinski definition) is 6. The van der Waals surface area contributed by atoms with Crippen LogP contribution < -0.4 is 0 Å². The van der Waals surface area contributed by atoms with Crippen LogP contribution in [0.15, 0.2) is 6.07 Å². The van der Waals surface area contributed by atoms with Crippen molar-refractivity contribution in [2.45, 2.75) is 25.6 Å². The molecule has 8 nitrogen and oxygen atoms in total. The number of aliphatic hydroxyl groups is 2. The van der Waals surface area contributed by atoms with Gasteiger partial charge in [0.05, 0.1) is 30.3 Å². The van der Waals surface area contributed by atoms with Crippen LogP contribution in [0.5, 0.6) is 0 Å². The minimum absolute atomic E-state index is 0.143. The zero-order valence-electron chi connectivity index (χ0n) is 13.0. The Morgan fingerprint density at radius 2 is 2.14 bits per heavy atom. The van der Waals surface area contributed by atoms with E-state index in [0.29, 0.717) is 31.7 Å². The van der Waals surface area contributed by atoms with Gasteiger partial charge in [-0.3, -0.25) is 9.58 Å². The largest absolute Gasteiger partial charge is 0.393 e. The van der Waals surface area contributed by atoms with E-state index in [9.17, 15) is 13.5 Å². The Labute approximate surface area is 131 Å². The average Bonchev–Trinajstić information content (AvgIpc) is 2.89. The Morgan fingerprint density at radius 1 is 1.41 bits per heavy atom. The maximum absolute atomic E-state index is 11.7. The minimum atomic E-state index is -3.14. The first-order chi connectivity index (χ1) is 10.3. The van der Waals surface area contributed by atoms with Crippen LogP contribution in [0.3, 0.4) is 0 Å². The summed E-state index contributed by atoms with van der Waals surface area (Å²) >= 11 is 0. The summed E-state index contributed by atoms with van der Waals surface area (Å²) in [5, 5.41) is 22.9. The highest BCUT2D eigenvalue weighted by Gasteiger charge is 2.21. The third-order valence-corrected chi connectivity index (χ3v) is 5.76. The van der Waals surface area contributed by atoms with Gasteiger partial charge in [-0.05, 0) is 19.0 Å². The van der Waals surface area contributed by atoms with Crippen molar-refractivity contribution in [1.82, 2.24) is 19.0 Å². The quantitative estimate of drug-likeness (QED) is 0.665. The topological polar surface area (TPSA) is 98.9 Å². The molecule has 2 heterocycles. The van der Waals surface area contributed by atoms with E-state index in [0.717, 1.165) is 12.2 Å². The number of nitrogens with zero attached hydrogens (tertiary/aromatic N) is 4. The lowest BCUT2D eigenvalue weighted by Crippen LogP contribution is -2.35. The van der Waals surface area contributed by atoms with Crippen molar-refractivity contribution in [1.29, 1.82) is 0 Å². The Balaban J connectivity index is 1.88. The summed E-state index contributed by atoms with van der Waals surface area (Å²) in [6, 6.07) is 1.80. The number of aromatic nitrogens is 2. The molecule has 0 unspecified atom stereocenters. The smallest absolute Gasteiger partial charge is 0.213 e. The van der Waals surface area contributed by atoms with Crippen LogP contribution in [0.1, 0.15) is 23.9 Å². The normalized spacial score (nSPS) is 17.7. The van der Waals surface area contributed by atoms with Crippen LogP contribution in [0.2, 0.25) is 0 Å². The van der Waals surface area contributed by atoms with E-state index in [4.69, 9.17) is 5.11 Å². The lowest BCUT2D eigenvalue weighted by Gasteiger charge is -2.27. The standard InChI is InChI=1S/C13H24N4O4S/c1-15(2)22(20,21)7-3-4-16-5-6-17-11(9-16)8-12(14-17)13(19)10-18/h8,13,18-19H,3-7,9-10H2,1-2H3/t13-/m1/s1. The summed E-state index contributed by atoms with van der Waals surface area (Å²) in [4.78, 5) is 2.18. The van der Waals surface area contributed by atoms with Crippen molar-refractivity contribution < 1.29 is 18.6 Å². The first kappa shape index (κ1) is 17.4. The minimum Gasteiger partial charge on any atom is -0.393 e. The van der Waals surface area contributed by atoms with Crippen LogP contribution in [-0.4, -0.2) is 77.2 Å². The summed E-state index contributed by atoms with van der Waals surface area (Å²) in [5.74, 6) is 0.143. The van der Waals surface area contributed by atoms with Gasteiger partial charge in [-0.1, -0.05) is 0 Å². The maximum atomic E-state index is 11.7. The number of aliphatic hydroxyl groups excluding tert-OH is 2. The van der Waals surface area contributed by atoms with Crippen molar-refractivity contribution in [3.8, 4) is 0 Å². The van der Waals surface area contributed by atoms with E-state index in [1.54, 1.807) is 20.2 Å². The lowest BCUT2D eigenvalue weighted by atomic mass is 10.2. The van der Waals surface area contributed by atoms with Crippen molar-refractivity contribution in [3.05, 3.63) is 17.5 Å². The molecule has 0 spiro atoms. The Bertz CT molecular complexity index is 599. The van der Waals surface area contributed by atoms with Crippen LogP contribution in [0.4, 0.5) is 0 Å². The number of fused-ring (bicyclic) bond motifs is 1. The highest BCUT2D eigenvalue weighted by molar-refractivity contribution is 7.89. The fourth-order valence-corrected chi connectivity index (χ4v) is 3.30. The molecule has 1 aromatic heterocycles. The molecule has 0 saturated carbocycles. The van der Waals surface area contributed by atoms with E-state index < -0.39 is 16.1 Å². The first-order valence-corrected chi connectivity index (χ1v) is 8.92. The monoisotopic (exact) mass is 332 g/mol. The predicted molar refractivity (Wildman–Crippen MR) is 81.6 cm³/mol. The summed E-state index contributed by atoms with van der Waals surface area (Å²) in [5.41, 5.74) is 1.46. The second-order valence-corrected chi connectivity index (χ2v) is 8.01. The SMILES string of the molecule is CN(C)S(=O)(=O)CCCN1CCn2nc([C@H](O)CO)cc2C1. The Kier molecular flexibility index (Phi) is 5.56. The molecule has 0 amide bonds. The molecule has 0 fully saturated rings. The van der Waals surface area contributed by atoms with Crippen molar-refractivity contribution in [3.63, 3.8) is 0 Å². The second kappa shape index (κ2) is 7.05. The maximum Gasteiger partial charge on any atom is 0.213 e. The van der Waals surface area contributed by atoms with Gasteiger partial charge in [-0.25, -0.2) is 12.7 Å². The summed E-state index contributed by atoms with van der Waals surface area (Å²) in [6.45, 7) is 2.53. The van der Waals surface area contributed by atoms with E-state index in [1.165, 1.54) is 4.31 Å². The molecule has 0 bridgehead atoms. The zero-order valence-corrected chi connectivity index (χ0v) is 13.8. The van der Waals surface area contributed by atoms with Gasteiger partial charge in [0, 0.05) is 27.2 Å². The van der Waals surface area contributed by atoms with E-state index >= 15 is 0 Å². The molecule has 0 saturated heterocycles. The van der Waals surface area contributed by atoms with Gasteiger partial charge in [-0.2, -0.15) is 5.10 Å². The fourth-order valence-electron chi connectivity index (χ4n) is 2.44. The molecule has 9 heteroatoms. The molecule has 1 aromatic rings. The van der Waals surface area contributed by atoms with Gasteiger partial charge < -0.3 is 10.2 Å². The van der Waals surface area contributed by atoms with Crippen molar-refractivity contribution >= 4 is 10.0 Å². The highest BCUT2D eigenvalue weighted by Crippen LogP contribution is 2.18. The Hall–Kier alpha value is -1.00. The van der Waals surface area contributed by atoms with Crippen LogP contribution in [0.25, 0.3) is 0 Å². The first-order valence-electron chi connectivity index (χ1n) is 7.31. The van der Waals surface area contributed by atoms with Crippen molar-refractivity contribution in [2.75, 3.05) is 39.5 Å². The van der Waals surface area contributed by atoms with E-state index in [-0.39, 0.29) is 12.4 Å². The second-order valence-electron chi connectivity index (χ2n) is 5.71. The molecule has 2 N–H and O–H groups in total. The predicted octanol–water partition coefficient (Wildman–Crippen LogP) is -0.994. The van der Waals surface area contributed by atoms with Gasteiger partial charge in [-0.15, -0.1) is 0 Å². The highest BCUT2D eigenvalue weighted by atomic mass is 32.2. The lowest BCUT2D eigenvalue weighted by molar-refractivity contribution is 0.0915. The molecular formula is C13H24N4O4S. The van der Waals surface area contributed by atoms with E-state index in [2.05, 4.69) is 10.00 Å². The molecule has 22 heavy (non-hydrogen) atoms. The van der Waals surface area contributed by atoms with Gasteiger partial charge in [0.25, 0.3) is 0 Å². The molecule has 0 aliphatic carbocycles. The van der Waals surface area contributed by atoms with Crippen LogP contribution >= 0.6 is 0 Å². The zero-order chi connectivity index (χ0) is 16.3. The van der Waals surface area contributed by atoms with Crippen molar-refractivity contribution in [2.24, 2.45) is 0 Å². The third kappa shape index (κ3) is 4.05. The third-order valence-electron chi connectivity index (χ3n) is 3.84. The molecular weight excluding hydrogens is 308 g/mol. The van der Waals surface area contributed by atoms with Gasteiger partial charge in [0.2, 0.25) is 10.0 Å². The number of hydrogen-bond donors (Lipinski definition) is 2. The van der Waals surface area contributed by atoms with Gasteiger partial charge in [0.1, 0.15) is 6.10 Å². The van der Waals surface area contributed by atoms with Gasteiger partial charge in [0.15, 0.2) is 0 Å². The molecule has 1 aliphatic heterocycles.